The monoisotopic (exact) mass is 272 g/mol. The number of aryl methyl sites for hydroxylation is 2. The van der Waals surface area contributed by atoms with Crippen LogP contribution in [-0.4, -0.2) is 25.1 Å². The highest BCUT2D eigenvalue weighted by atomic mass is 19.3. The number of ether oxygens (including phenoxy) is 1. The molecule has 0 aliphatic carbocycles. The lowest BCUT2D eigenvalue weighted by molar-refractivity contribution is -0.0507. The molecule has 0 saturated carbocycles. The van der Waals surface area contributed by atoms with Gasteiger partial charge in [-0.05, 0) is 44.0 Å². The molecule has 19 heavy (non-hydrogen) atoms. The first-order valence-electron chi connectivity index (χ1n) is 5.92. The van der Waals surface area contributed by atoms with Crippen LogP contribution in [0, 0.1) is 13.8 Å². The first-order chi connectivity index (χ1) is 8.85. The van der Waals surface area contributed by atoms with E-state index in [4.69, 9.17) is 5.73 Å². The number of halogens is 2. The molecule has 106 valence electrons. The SMILES string of the molecule is Cc1cc(C(=O)N[C@@H](C)CN)cc(C)c1OC(F)F. The zero-order valence-electron chi connectivity index (χ0n) is 11.2. The number of hydrogen-bond acceptors (Lipinski definition) is 3. The molecular formula is C13H18F2N2O2. The van der Waals surface area contributed by atoms with Gasteiger partial charge in [0.05, 0.1) is 0 Å². The van der Waals surface area contributed by atoms with E-state index in [0.29, 0.717) is 23.2 Å². The summed E-state index contributed by atoms with van der Waals surface area (Å²) < 4.78 is 28.9. The lowest BCUT2D eigenvalue weighted by atomic mass is 10.0. The van der Waals surface area contributed by atoms with Crippen molar-refractivity contribution in [2.24, 2.45) is 5.73 Å². The number of carbonyl (C=O) groups excluding carboxylic acids is 1. The van der Waals surface area contributed by atoms with Gasteiger partial charge in [0, 0.05) is 18.2 Å². The number of amides is 1. The van der Waals surface area contributed by atoms with Crippen molar-refractivity contribution in [3.63, 3.8) is 0 Å². The number of carbonyl (C=O) groups is 1. The molecule has 1 atom stereocenters. The van der Waals surface area contributed by atoms with Crippen LogP contribution in [0.2, 0.25) is 0 Å². The Morgan fingerprint density at radius 3 is 2.32 bits per heavy atom. The van der Waals surface area contributed by atoms with Gasteiger partial charge in [0.25, 0.3) is 5.91 Å². The average molecular weight is 272 g/mol. The van der Waals surface area contributed by atoms with Crippen LogP contribution in [0.25, 0.3) is 0 Å². The molecular weight excluding hydrogens is 254 g/mol. The summed E-state index contributed by atoms with van der Waals surface area (Å²) >= 11 is 0. The lowest BCUT2D eigenvalue weighted by Gasteiger charge is -2.15. The van der Waals surface area contributed by atoms with Crippen molar-refractivity contribution in [3.05, 3.63) is 28.8 Å². The molecule has 0 unspecified atom stereocenters. The van der Waals surface area contributed by atoms with E-state index in [9.17, 15) is 13.6 Å². The summed E-state index contributed by atoms with van der Waals surface area (Å²) in [5.74, 6) is -0.175. The van der Waals surface area contributed by atoms with Gasteiger partial charge in [0.1, 0.15) is 5.75 Å². The predicted molar refractivity (Wildman–Crippen MR) is 68.5 cm³/mol. The second kappa shape index (κ2) is 6.47. The van der Waals surface area contributed by atoms with Crippen LogP contribution in [0.5, 0.6) is 5.75 Å². The van der Waals surface area contributed by atoms with Crippen LogP contribution in [0.3, 0.4) is 0 Å². The average Bonchev–Trinajstić information content (AvgIpc) is 2.32. The Balaban J connectivity index is 2.97. The molecule has 0 aromatic heterocycles. The van der Waals surface area contributed by atoms with Gasteiger partial charge in [-0.3, -0.25) is 4.79 Å². The lowest BCUT2D eigenvalue weighted by Crippen LogP contribution is -2.37. The largest absolute Gasteiger partial charge is 0.434 e. The highest BCUT2D eigenvalue weighted by molar-refractivity contribution is 5.95. The molecule has 0 heterocycles. The Morgan fingerprint density at radius 1 is 1.37 bits per heavy atom. The number of nitrogens with two attached hydrogens (primary N) is 1. The van der Waals surface area contributed by atoms with Crippen LogP contribution in [-0.2, 0) is 0 Å². The van der Waals surface area contributed by atoms with Gasteiger partial charge in [-0.1, -0.05) is 0 Å². The molecule has 0 aliphatic heterocycles. The zero-order valence-corrected chi connectivity index (χ0v) is 11.2. The van der Waals surface area contributed by atoms with Gasteiger partial charge in [0.15, 0.2) is 0 Å². The topological polar surface area (TPSA) is 64.4 Å². The molecule has 0 radical (unpaired) electrons. The van der Waals surface area contributed by atoms with E-state index in [-0.39, 0.29) is 17.7 Å². The number of hydrogen-bond donors (Lipinski definition) is 2. The summed E-state index contributed by atoms with van der Waals surface area (Å²) in [4.78, 5) is 11.9. The Hall–Kier alpha value is -1.69. The summed E-state index contributed by atoms with van der Waals surface area (Å²) in [6.07, 6.45) is 0. The highest BCUT2D eigenvalue weighted by Crippen LogP contribution is 2.26. The second-order valence-corrected chi connectivity index (χ2v) is 4.43. The van der Waals surface area contributed by atoms with Crippen molar-refractivity contribution in [2.75, 3.05) is 6.54 Å². The quantitative estimate of drug-likeness (QED) is 0.861. The van der Waals surface area contributed by atoms with Gasteiger partial charge >= 0.3 is 6.61 Å². The number of nitrogens with one attached hydrogen (secondary N) is 1. The number of rotatable bonds is 5. The van der Waals surface area contributed by atoms with Gasteiger partial charge < -0.3 is 15.8 Å². The Labute approximate surface area is 110 Å². The third kappa shape index (κ3) is 4.17. The van der Waals surface area contributed by atoms with Gasteiger partial charge in [0.2, 0.25) is 0 Å². The molecule has 1 aromatic rings. The maximum absolute atomic E-state index is 12.2. The maximum atomic E-state index is 12.2. The summed E-state index contributed by atoms with van der Waals surface area (Å²) in [5.41, 5.74) is 6.80. The van der Waals surface area contributed by atoms with Gasteiger partial charge in [-0.15, -0.1) is 0 Å². The van der Waals surface area contributed by atoms with E-state index in [1.807, 2.05) is 0 Å². The van der Waals surface area contributed by atoms with Gasteiger partial charge in [-0.2, -0.15) is 8.78 Å². The van der Waals surface area contributed by atoms with Crippen molar-refractivity contribution < 1.29 is 18.3 Å². The van der Waals surface area contributed by atoms with E-state index < -0.39 is 6.61 Å². The molecule has 6 heteroatoms. The molecule has 0 fully saturated rings. The molecule has 0 bridgehead atoms. The van der Waals surface area contributed by atoms with Crippen LogP contribution in [0.15, 0.2) is 12.1 Å². The number of alkyl halides is 2. The van der Waals surface area contributed by atoms with E-state index in [2.05, 4.69) is 10.1 Å². The van der Waals surface area contributed by atoms with Crippen molar-refractivity contribution in [2.45, 2.75) is 33.4 Å². The highest BCUT2D eigenvalue weighted by Gasteiger charge is 2.15. The van der Waals surface area contributed by atoms with Crippen molar-refractivity contribution in [3.8, 4) is 5.75 Å². The zero-order chi connectivity index (χ0) is 14.6. The second-order valence-electron chi connectivity index (χ2n) is 4.43. The molecule has 1 rings (SSSR count). The molecule has 0 aliphatic rings. The van der Waals surface area contributed by atoms with Crippen LogP contribution < -0.4 is 15.8 Å². The minimum absolute atomic E-state index is 0.110. The molecule has 0 spiro atoms. The van der Waals surface area contributed by atoms with E-state index >= 15 is 0 Å². The fourth-order valence-electron chi connectivity index (χ4n) is 1.72. The number of benzene rings is 1. The molecule has 0 saturated heterocycles. The minimum Gasteiger partial charge on any atom is -0.434 e. The first kappa shape index (κ1) is 15.4. The smallest absolute Gasteiger partial charge is 0.387 e. The third-order valence-electron chi connectivity index (χ3n) is 2.66. The van der Waals surface area contributed by atoms with Crippen LogP contribution >= 0.6 is 0 Å². The Kier molecular flexibility index (Phi) is 5.23. The summed E-state index contributed by atoms with van der Waals surface area (Å²) in [6.45, 7) is 2.47. The fraction of sp³-hybridized carbons (Fsp3) is 0.462. The standard InChI is InChI=1S/C13H18F2N2O2/c1-7-4-10(12(18)17-9(3)6-16)5-8(2)11(7)19-13(14)15/h4-5,9,13H,6,16H2,1-3H3,(H,17,18)/t9-/m0/s1. The minimum atomic E-state index is -2.88. The molecule has 3 N–H and O–H groups in total. The summed E-state index contributed by atoms with van der Waals surface area (Å²) in [7, 11) is 0. The predicted octanol–water partition coefficient (Wildman–Crippen LogP) is 1.98. The van der Waals surface area contributed by atoms with Crippen molar-refractivity contribution in [1.82, 2.24) is 5.32 Å². The normalized spacial score (nSPS) is 12.4. The molecule has 1 amide bonds. The van der Waals surface area contributed by atoms with E-state index in [0.717, 1.165) is 0 Å². The fourth-order valence-corrected chi connectivity index (χ4v) is 1.72. The van der Waals surface area contributed by atoms with Crippen LogP contribution in [0.1, 0.15) is 28.4 Å². The Morgan fingerprint density at radius 2 is 1.89 bits per heavy atom. The van der Waals surface area contributed by atoms with E-state index in [1.165, 1.54) is 12.1 Å². The molecule has 1 aromatic carbocycles. The molecule has 4 nitrogen and oxygen atoms in total. The van der Waals surface area contributed by atoms with E-state index in [1.54, 1.807) is 20.8 Å². The summed E-state index contributed by atoms with van der Waals surface area (Å²) in [6, 6.07) is 2.89. The van der Waals surface area contributed by atoms with Gasteiger partial charge in [-0.25, -0.2) is 0 Å². The third-order valence-corrected chi connectivity index (χ3v) is 2.66. The first-order valence-corrected chi connectivity index (χ1v) is 5.92. The Bertz CT molecular complexity index is 441. The van der Waals surface area contributed by atoms with Crippen molar-refractivity contribution >= 4 is 5.91 Å². The van der Waals surface area contributed by atoms with Crippen LogP contribution in [0.4, 0.5) is 8.78 Å². The maximum Gasteiger partial charge on any atom is 0.387 e. The summed E-state index contributed by atoms with van der Waals surface area (Å²) in [5, 5.41) is 2.71. The van der Waals surface area contributed by atoms with Crippen molar-refractivity contribution in [1.29, 1.82) is 0 Å².